The van der Waals surface area contributed by atoms with Gasteiger partial charge in [-0.25, -0.2) is 4.79 Å². The lowest BCUT2D eigenvalue weighted by Gasteiger charge is -2.14. The van der Waals surface area contributed by atoms with Crippen LogP contribution in [0.5, 0.6) is 11.5 Å². The SMILES string of the molecule is COc1ccc(CNCc2ccc(OC[C@H](O)c3ccc4c(c3)n(C)c(=O)n4C)cc2)cc1. The number of rotatable bonds is 9. The molecule has 3 aromatic carbocycles. The van der Waals surface area contributed by atoms with E-state index in [0.717, 1.165) is 35.4 Å². The Bertz CT molecular complexity index is 1270. The van der Waals surface area contributed by atoms with Crippen LogP contribution in [-0.2, 0) is 27.2 Å². The van der Waals surface area contributed by atoms with E-state index in [4.69, 9.17) is 9.47 Å². The third-order valence-corrected chi connectivity index (χ3v) is 5.83. The van der Waals surface area contributed by atoms with Crippen LogP contribution in [-0.4, -0.2) is 28.0 Å². The molecule has 0 fully saturated rings. The normalized spacial score (nSPS) is 12.1. The van der Waals surface area contributed by atoms with Crippen molar-refractivity contribution in [1.29, 1.82) is 0 Å². The summed E-state index contributed by atoms with van der Waals surface area (Å²) in [5, 5.41) is 14.0. The lowest BCUT2D eigenvalue weighted by Crippen LogP contribution is -2.19. The number of fused-ring (bicyclic) bond motifs is 1. The molecule has 0 spiro atoms. The molecule has 172 valence electrons. The van der Waals surface area contributed by atoms with Gasteiger partial charge in [-0.15, -0.1) is 0 Å². The highest BCUT2D eigenvalue weighted by Crippen LogP contribution is 2.21. The summed E-state index contributed by atoms with van der Waals surface area (Å²) >= 11 is 0. The van der Waals surface area contributed by atoms with Crippen molar-refractivity contribution in [2.75, 3.05) is 13.7 Å². The Morgan fingerprint density at radius 3 is 2.03 bits per heavy atom. The molecule has 0 saturated heterocycles. The van der Waals surface area contributed by atoms with Crippen molar-refractivity contribution in [3.05, 3.63) is 93.9 Å². The summed E-state index contributed by atoms with van der Waals surface area (Å²) in [6, 6.07) is 21.3. The Kier molecular flexibility index (Phi) is 6.82. The molecule has 0 bridgehead atoms. The Morgan fingerprint density at radius 2 is 1.42 bits per heavy atom. The number of hydrogen-bond acceptors (Lipinski definition) is 5. The Morgan fingerprint density at radius 1 is 0.848 bits per heavy atom. The van der Waals surface area contributed by atoms with Gasteiger partial charge in [0.25, 0.3) is 0 Å². The average molecular weight is 448 g/mol. The first-order chi connectivity index (χ1) is 16.0. The summed E-state index contributed by atoms with van der Waals surface area (Å²) in [5.41, 5.74) is 4.57. The summed E-state index contributed by atoms with van der Waals surface area (Å²) in [5.74, 6) is 1.55. The van der Waals surface area contributed by atoms with Crippen molar-refractivity contribution in [3.8, 4) is 11.5 Å². The molecule has 4 rings (SSSR count). The zero-order valence-electron chi connectivity index (χ0n) is 19.1. The van der Waals surface area contributed by atoms with Gasteiger partial charge < -0.3 is 19.9 Å². The van der Waals surface area contributed by atoms with Gasteiger partial charge in [-0.2, -0.15) is 0 Å². The topological polar surface area (TPSA) is 77.7 Å². The number of aliphatic hydroxyl groups is 1. The molecule has 0 amide bonds. The largest absolute Gasteiger partial charge is 0.497 e. The average Bonchev–Trinajstić information content (AvgIpc) is 3.07. The summed E-state index contributed by atoms with van der Waals surface area (Å²) < 4.78 is 14.1. The van der Waals surface area contributed by atoms with E-state index in [-0.39, 0.29) is 12.3 Å². The number of ether oxygens (including phenoxy) is 2. The van der Waals surface area contributed by atoms with Gasteiger partial charge in [-0.3, -0.25) is 9.13 Å². The summed E-state index contributed by atoms with van der Waals surface area (Å²) in [7, 11) is 5.13. The van der Waals surface area contributed by atoms with Crippen molar-refractivity contribution in [2.45, 2.75) is 19.2 Å². The van der Waals surface area contributed by atoms with Gasteiger partial charge in [-0.1, -0.05) is 30.3 Å². The molecule has 0 radical (unpaired) electrons. The number of nitrogens with one attached hydrogen (secondary N) is 1. The van der Waals surface area contributed by atoms with Crippen LogP contribution in [0.1, 0.15) is 22.8 Å². The fourth-order valence-corrected chi connectivity index (χ4v) is 3.80. The smallest absolute Gasteiger partial charge is 0.328 e. The Hall–Kier alpha value is -3.55. The molecular formula is C26H29N3O4. The second kappa shape index (κ2) is 9.94. The van der Waals surface area contributed by atoms with Crippen LogP contribution >= 0.6 is 0 Å². The molecule has 1 heterocycles. The van der Waals surface area contributed by atoms with Crippen molar-refractivity contribution in [2.24, 2.45) is 14.1 Å². The second-order valence-electron chi connectivity index (χ2n) is 8.07. The molecule has 0 aliphatic heterocycles. The van der Waals surface area contributed by atoms with E-state index >= 15 is 0 Å². The highest BCUT2D eigenvalue weighted by Gasteiger charge is 2.13. The van der Waals surface area contributed by atoms with E-state index in [1.54, 1.807) is 30.3 Å². The summed E-state index contributed by atoms with van der Waals surface area (Å²) in [6.45, 7) is 1.64. The van der Waals surface area contributed by atoms with Gasteiger partial charge in [0, 0.05) is 27.2 Å². The maximum absolute atomic E-state index is 12.1. The molecule has 0 aliphatic carbocycles. The lowest BCUT2D eigenvalue weighted by molar-refractivity contribution is 0.108. The first-order valence-electron chi connectivity index (χ1n) is 10.8. The monoisotopic (exact) mass is 447 g/mol. The van der Waals surface area contributed by atoms with Crippen LogP contribution in [0.4, 0.5) is 0 Å². The van der Waals surface area contributed by atoms with Gasteiger partial charge in [0.05, 0.1) is 18.1 Å². The molecule has 2 N–H and O–H groups in total. The standard InChI is InChI=1S/C26H29N3O4/c1-28-23-13-8-20(14-24(23)29(2)26(28)31)25(30)17-33-22-11-6-19(7-12-22)16-27-15-18-4-9-21(32-3)10-5-18/h4-14,25,27,30H,15-17H2,1-3H3/t25-/m0/s1. The Labute approximate surface area is 192 Å². The molecule has 7 heteroatoms. The van der Waals surface area contributed by atoms with Crippen LogP contribution in [0.25, 0.3) is 11.0 Å². The third kappa shape index (κ3) is 5.10. The van der Waals surface area contributed by atoms with Crippen LogP contribution < -0.4 is 20.5 Å². The first-order valence-corrected chi connectivity index (χ1v) is 10.8. The molecule has 7 nitrogen and oxygen atoms in total. The zero-order valence-corrected chi connectivity index (χ0v) is 19.1. The van der Waals surface area contributed by atoms with Gasteiger partial charge in [0.1, 0.15) is 24.2 Å². The number of aryl methyl sites for hydroxylation is 2. The fraction of sp³-hybridized carbons (Fsp3) is 0.269. The van der Waals surface area contributed by atoms with Gasteiger partial charge >= 0.3 is 5.69 Å². The van der Waals surface area contributed by atoms with Crippen LogP contribution in [0, 0.1) is 0 Å². The summed E-state index contributed by atoms with van der Waals surface area (Å²) in [6.07, 6.45) is -0.796. The molecule has 1 aromatic heterocycles. The molecule has 0 unspecified atom stereocenters. The summed E-state index contributed by atoms with van der Waals surface area (Å²) in [4.78, 5) is 12.1. The molecule has 1 atom stereocenters. The maximum atomic E-state index is 12.1. The van der Waals surface area contributed by atoms with Crippen LogP contribution in [0.15, 0.2) is 71.5 Å². The number of nitrogens with zero attached hydrogens (tertiary/aromatic N) is 2. The van der Waals surface area contributed by atoms with Gasteiger partial charge in [0.2, 0.25) is 0 Å². The molecule has 0 aliphatic rings. The number of methoxy groups -OCH3 is 1. The van der Waals surface area contributed by atoms with E-state index in [9.17, 15) is 9.90 Å². The fourth-order valence-electron chi connectivity index (χ4n) is 3.80. The lowest BCUT2D eigenvalue weighted by atomic mass is 10.1. The van der Waals surface area contributed by atoms with Gasteiger partial charge in [-0.05, 0) is 53.1 Å². The van der Waals surface area contributed by atoms with Crippen molar-refractivity contribution >= 4 is 11.0 Å². The van der Waals surface area contributed by atoms with Crippen molar-refractivity contribution < 1.29 is 14.6 Å². The molecule has 0 saturated carbocycles. The predicted molar refractivity (Wildman–Crippen MR) is 129 cm³/mol. The quantitative estimate of drug-likeness (QED) is 0.412. The second-order valence-corrected chi connectivity index (χ2v) is 8.07. The predicted octanol–water partition coefficient (Wildman–Crippen LogP) is 3.29. The van der Waals surface area contributed by atoms with E-state index in [1.807, 2.05) is 66.7 Å². The molecule has 33 heavy (non-hydrogen) atoms. The van der Waals surface area contributed by atoms with Gasteiger partial charge in [0.15, 0.2) is 0 Å². The third-order valence-electron chi connectivity index (χ3n) is 5.83. The van der Waals surface area contributed by atoms with E-state index < -0.39 is 6.10 Å². The minimum atomic E-state index is -0.796. The van der Waals surface area contributed by atoms with Crippen LogP contribution in [0.3, 0.4) is 0 Å². The highest BCUT2D eigenvalue weighted by atomic mass is 16.5. The number of hydrogen-bond donors (Lipinski definition) is 2. The molecule has 4 aromatic rings. The maximum Gasteiger partial charge on any atom is 0.328 e. The first kappa shape index (κ1) is 22.6. The molecular weight excluding hydrogens is 418 g/mol. The number of aromatic nitrogens is 2. The van der Waals surface area contributed by atoms with Crippen molar-refractivity contribution in [1.82, 2.24) is 14.5 Å². The van der Waals surface area contributed by atoms with Crippen LogP contribution in [0.2, 0.25) is 0 Å². The minimum Gasteiger partial charge on any atom is -0.497 e. The van der Waals surface area contributed by atoms with E-state index in [0.29, 0.717) is 11.3 Å². The number of imidazole rings is 1. The highest BCUT2D eigenvalue weighted by molar-refractivity contribution is 5.77. The Balaban J connectivity index is 1.29. The minimum absolute atomic E-state index is 0.0912. The van der Waals surface area contributed by atoms with E-state index in [2.05, 4.69) is 5.32 Å². The van der Waals surface area contributed by atoms with E-state index in [1.165, 1.54) is 5.56 Å². The van der Waals surface area contributed by atoms with Crippen molar-refractivity contribution in [3.63, 3.8) is 0 Å². The number of aliphatic hydroxyl groups excluding tert-OH is 1. The zero-order chi connectivity index (χ0) is 23.4. The number of benzene rings is 3.